The summed E-state index contributed by atoms with van der Waals surface area (Å²) in [4.78, 5) is 26.7. The lowest BCUT2D eigenvalue weighted by Crippen LogP contribution is -2.34. The highest BCUT2D eigenvalue weighted by Crippen LogP contribution is 2.27. The molecule has 1 aliphatic heterocycles. The zero-order chi connectivity index (χ0) is 16.4. The topological polar surface area (TPSA) is 63.4 Å². The minimum absolute atomic E-state index is 0. The Labute approximate surface area is 152 Å². The molecule has 6 heteroatoms. The molecule has 0 radical (unpaired) electrons. The van der Waals surface area contributed by atoms with Gasteiger partial charge in [-0.3, -0.25) is 9.59 Å². The van der Waals surface area contributed by atoms with E-state index in [1.807, 2.05) is 34.5 Å². The number of likely N-dealkylation sites (tertiary alicyclic amines) is 1. The van der Waals surface area contributed by atoms with Crippen LogP contribution >= 0.6 is 23.7 Å². The first-order valence-electron chi connectivity index (χ1n) is 8.09. The third kappa shape index (κ3) is 3.79. The summed E-state index contributed by atoms with van der Waals surface area (Å²) in [5.41, 5.74) is 6.45. The quantitative estimate of drug-likeness (QED) is 0.824. The van der Waals surface area contributed by atoms with Gasteiger partial charge in [-0.05, 0) is 31.9 Å². The lowest BCUT2D eigenvalue weighted by atomic mass is 10.1. The Balaban J connectivity index is 0.00000208. The fourth-order valence-corrected chi connectivity index (χ4v) is 4.32. The number of carbonyl (C=O) groups excluding carboxylic acids is 2. The van der Waals surface area contributed by atoms with E-state index in [9.17, 15) is 9.59 Å². The molecule has 1 aromatic carbocycles. The molecule has 0 spiro atoms. The van der Waals surface area contributed by atoms with Crippen LogP contribution in [0.1, 0.15) is 36.5 Å². The number of halogens is 1. The van der Waals surface area contributed by atoms with Crippen LogP contribution < -0.4 is 5.73 Å². The smallest absolute Gasteiger partial charge is 0.223 e. The van der Waals surface area contributed by atoms with Crippen LogP contribution in [0.3, 0.4) is 0 Å². The molecule has 2 atom stereocenters. The third-order valence-corrected chi connectivity index (χ3v) is 5.63. The standard InChI is InChI=1S/C18H22N2O2S.ClH/c1-12-8-13(9-19)10-20(12)18(22)7-6-16(21)15-11-23-17-5-3-2-4-14(15)17;/h2-5,11-13H,6-10,19H2,1H3;1H. The van der Waals surface area contributed by atoms with E-state index in [1.54, 1.807) is 11.3 Å². The van der Waals surface area contributed by atoms with Gasteiger partial charge in [-0.1, -0.05) is 18.2 Å². The van der Waals surface area contributed by atoms with E-state index in [2.05, 4.69) is 6.92 Å². The van der Waals surface area contributed by atoms with Gasteiger partial charge in [-0.2, -0.15) is 0 Å². The molecule has 2 N–H and O–H groups in total. The molecular formula is C18H23ClN2O2S. The summed E-state index contributed by atoms with van der Waals surface area (Å²) in [5.74, 6) is 0.518. The lowest BCUT2D eigenvalue weighted by Gasteiger charge is -2.21. The number of Topliss-reactive ketones (excluding diaryl/α,β-unsaturated/α-hetero) is 1. The van der Waals surface area contributed by atoms with Crippen molar-refractivity contribution in [2.45, 2.75) is 32.2 Å². The molecule has 0 saturated carbocycles. The SMILES string of the molecule is CC1CC(CN)CN1C(=O)CCC(=O)c1csc2ccccc12.Cl. The Morgan fingerprint density at radius 1 is 1.29 bits per heavy atom. The summed E-state index contributed by atoms with van der Waals surface area (Å²) in [6, 6.07) is 8.12. The van der Waals surface area contributed by atoms with Crippen LogP contribution in [-0.4, -0.2) is 35.7 Å². The van der Waals surface area contributed by atoms with E-state index in [1.165, 1.54) is 0 Å². The first-order valence-corrected chi connectivity index (χ1v) is 8.97. The molecule has 0 aliphatic carbocycles. The minimum Gasteiger partial charge on any atom is -0.340 e. The van der Waals surface area contributed by atoms with Crippen LogP contribution in [0.15, 0.2) is 29.6 Å². The summed E-state index contributed by atoms with van der Waals surface area (Å²) in [7, 11) is 0. The van der Waals surface area contributed by atoms with Crippen molar-refractivity contribution < 1.29 is 9.59 Å². The van der Waals surface area contributed by atoms with Crippen LogP contribution in [0, 0.1) is 5.92 Å². The molecule has 130 valence electrons. The summed E-state index contributed by atoms with van der Waals surface area (Å²) in [6.07, 6.45) is 1.52. The van der Waals surface area contributed by atoms with Gasteiger partial charge in [0.05, 0.1) is 0 Å². The van der Waals surface area contributed by atoms with Gasteiger partial charge in [0.2, 0.25) is 5.91 Å². The number of amides is 1. The first kappa shape index (κ1) is 18.9. The summed E-state index contributed by atoms with van der Waals surface area (Å²) in [6.45, 7) is 3.40. The van der Waals surface area contributed by atoms with Gasteiger partial charge in [-0.25, -0.2) is 0 Å². The van der Waals surface area contributed by atoms with Crippen LogP contribution in [0.2, 0.25) is 0 Å². The Hall–Kier alpha value is -1.43. The molecule has 3 rings (SSSR count). The lowest BCUT2D eigenvalue weighted by molar-refractivity contribution is -0.131. The largest absolute Gasteiger partial charge is 0.340 e. The van der Waals surface area contributed by atoms with Crippen LogP contribution in [-0.2, 0) is 4.79 Å². The second kappa shape index (κ2) is 8.10. The zero-order valence-electron chi connectivity index (χ0n) is 13.7. The highest BCUT2D eigenvalue weighted by molar-refractivity contribution is 7.17. The Morgan fingerprint density at radius 3 is 2.75 bits per heavy atom. The van der Waals surface area contributed by atoms with Gasteiger partial charge in [0.15, 0.2) is 5.78 Å². The maximum absolute atomic E-state index is 12.5. The van der Waals surface area contributed by atoms with Crippen molar-refractivity contribution in [1.29, 1.82) is 0 Å². The number of fused-ring (bicyclic) bond motifs is 1. The number of hydrogen-bond donors (Lipinski definition) is 1. The first-order chi connectivity index (χ1) is 11.1. The van der Waals surface area contributed by atoms with Crippen molar-refractivity contribution in [3.63, 3.8) is 0 Å². The molecular weight excluding hydrogens is 344 g/mol. The monoisotopic (exact) mass is 366 g/mol. The number of nitrogens with two attached hydrogens (primary N) is 1. The molecule has 1 amide bonds. The number of benzene rings is 1. The van der Waals surface area contributed by atoms with E-state index >= 15 is 0 Å². The summed E-state index contributed by atoms with van der Waals surface area (Å²) < 4.78 is 1.11. The van der Waals surface area contributed by atoms with Crippen molar-refractivity contribution in [2.24, 2.45) is 11.7 Å². The highest BCUT2D eigenvalue weighted by Gasteiger charge is 2.31. The molecule has 4 nitrogen and oxygen atoms in total. The van der Waals surface area contributed by atoms with Gasteiger partial charge in [0.25, 0.3) is 0 Å². The molecule has 1 aromatic heterocycles. The molecule has 0 bridgehead atoms. The van der Waals surface area contributed by atoms with Crippen molar-refractivity contribution in [1.82, 2.24) is 4.90 Å². The maximum Gasteiger partial charge on any atom is 0.223 e. The van der Waals surface area contributed by atoms with Crippen molar-refractivity contribution in [3.05, 3.63) is 35.2 Å². The van der Waals surface area contributed by atoms with E-state index in [4.69, 9.17) is 5.73 Å². The van der Waals surface area contributed by atoms with Crippen LogP contribution in [0.5, 0.6) is 0 Å². The zero-order valence-corrected chi connectivity index (χ0v) is 15.4. The molecule has 2 heterocycles. The van der Waals surface area contributed by atoms with Gasteiger partial charge in [0.1, 0.15) is 0 Å². The van der Waals surface area contributed by atoms with Crippen molar-refractivity contribution >= 4 is 45.5 Å². The van der Waals surface area contributed by atoms with Crippen LogP contribution in [0.25, 0.3) is 10.1 Å². The molecule has 2 aromatic rings. The molecule has 2 unspecified atom stereocenters. The fourth-order valence-electron chi connectivity index (χ4n) is 3.35. The molecule has 1 aliphatic rings. The Kier molecular flexibility index (Phi) is 6.38. The minimum atomic E-state index is 0. The Morgan fingerprint density at radius 2 is 2.04 bits per heavy atom. The third-order valence-electron chi connectivity index (χ3n) is 4.66. The molecule has 24 heavy (non-hydrogen) atoms. The van der Waals surface area contributed by atoms with E-state index < -0.39 is 0 Å². The number of nitrogens with zero attached hydrogens (tertiary/aromatic N) is 1. The molecule has 1 fully saturated rings. The van der Waals surface area contributed by atoms with E-state index in [-0.39, 0.29) is 43.0 Å². The average molecular weight is 367 g/mol. The predicted octanol–water partition coefficient (Wildman–Crippen LogP) is 3.48. The van der Waals surface area contributed by atoms with Gasteiger partial charge in [0, 0.05) is 46.5 Å². The van der Waals surface area contributed by atoms with E-state index in [0.717, 1.165) is 28.6 Å². The predicted molar refractivity (Wildman–Crippen MR) is 101 cm³/mol. The average Bonchev–Trinajstić information content (AvgIpc) is 3.15. The summed E-state index contributed by atoms with van der Waals surface area (Å²) in [5, 5.41) is 2.90. The van der Waals surface area contributed by atoms with Crippen molar-refractivity contribution in [3.8, 4) is 0 Å². The number of carbonyl (C=O) groups is 2. The number of thiophene rings is 1. The molecule has 1 saturated heterocycles. The second-order valence-electron chi connectivity index (χ2n) is 6.30. The number of hydrogen-bond acceptors (Lipinski definition) is 4. The highest BCUT2D eigenvalue weighted by atomic mass is 35.5. The van der Waals surface area contributed by atoms with Gasteiger partial charge in [-0.15, -0.1) is 23.7 Å². The number of rotatable bonds is 5. The number of ketones is 1. The van der Waals surface area contributed by atoms with Gasteiger partial charge >= 0.3 is 0 Å². The summed E-state index contributed by atoms with van der Waals surface area (Å²) >= 11 is 1.58. The van der Waals surface area contributed by atoms with E-state index in [0.29, 0.717) is 12.5 Å². The Bertz CT molecular complexity index is 731. The maximum atomic E-state index is 12.5. The fraction of sp³-hybridized carbons (Fsp3) is 0.444. The van der Waals surface area contributed by atoms with Crippen molar-refractivity contribution in [2.75, 3.05) is 13.1 Å². The second-order valence-corrected chi connectivity index (χ2v) is 7.21. The van der Waals surface area contributed by atoms with Gasteiger partial charge < -0.3 is 10.6 Å². The normalized spacial score (nSPS) is 20.2. The van der Waals surface area contributed by atoms with Crippen LogP contribution in [0.4, 0.5) is 0 Å².